The Labute approximate surface area is 114 Å². The Morgan fingerprint density at radius 1 is 1.63 bits per heavy atom. The van der Waals surface area contributed by atoms with E-state index >= 15 is 0 Å². The van der Waals surface area contributed by atoms with Crippen LogP contribution in [0.3, 0.4) is 0 Å². The zero-order chi connectivity index (χ0) is 13.8. The van der Waals surface area contributed by atoms with Crippen LogP contribution in [0.1, 0.15) is 25.7 Å². The van der Waals surface area contributed by atoms with Crippen LogP contribution in [0.2, 0.25) is 0 Å². The largest absolute Gasteiger partial charge is 0.481 e. The van der Waals surface area contributed by atoms with Gasteiger partial charge in [0.15, 0.2) is 0 Å². The van der Waals surface area contributed by atoms with Crippen molar-refractivity contribution in [3.63, 3.8) is 0 Å². The highest BCUT2D eigenvalue weighted by molar-refractivity contribution is 8.00. The highest BCUT2D eigenvalue weighted by Gasteiger charge is 2.52. The Morgan fingerprint density at radius 3 is 3.11 bits per heavy atom. The number of nitrogens with one attached hydrogen (secondary N) is 1. The molecule has 2 saturated heterocycles. The first-order chi connectivity index (χ1) is 9.13. The van der Waals surface area contributed by atoms with E-state index in [1.54, 1.807) is 11.8 Å². The van der Waals surface area contributed by atoms with Crippen molar-refractivity contribution >= 4 is 23.8 Å². The number of azide groups is 1. The molecule has 2 aliphatic heterocycles. The molecule has 0 radical (unpaired) electrons. The van der Waals surface area contributed by atoms with E-state index in [0.29, 0.717) is 6.42 Å². The van der Waals surface area contributed by atoms with Gasteiger partial charge in [0.1, 0.15) is 6.04 Å². The number of carbonyl (C=O) groups excluding carboxylic acids is 1. The number of carboxylic acids is 1. The molecule has 0 bridgehead atoms. The smallest absolute Gasteiger partial charge is 0.412 e. The number of thioether (sulfide) groups is 1. The fourth-order valence-corrected chi connectivity index (χ4v) is 4.09. The number of urea groups is 1. The maximum Gasteiger partial charge on any atom is 0.412 e. The summed E-state index contributed by atoms with van der Waals surface area (Å²) in [5.74, 6) is 0.0163. The van der Waals surface area contributed by atoms with Crippen LogP contribution in [0.15, 0.2) is 5.22 Å². The lowest BCUT2D eigenvalue weighted by Gasteiger charge is -2.18. The minimum atomic E-state index is -0.787. The van der Waals surface area contributed by atoms with Crippen LogP contribution < -0.4 is 5.32 Å². The summed E-state index contributed by atoms with van der Waals surface area (Å²) in [5.41, 5.74) is 8.49. The van der Waals surface area contributed by atoms with Crippen molar-refractivity contribution in [1.82, 2.24) is 10.3 Å². The average Bonchev–Trinajstić information content (AvgIpc) is 2.87. The lowest BCUT2D eigenvalue weighted by atomic mass is 10.0. The predicted octanol–water partition coefficient (Wildman–Crippen LogP) is 1.73. The quantitative estimate of drug-likeness (QED) is 0.254. The van der Waals surface area contributed by atoms with Crippen LogP contribution in [-0.4, -0.2) is 45.2 Å². The molecular weight excluding hydrogens is 270 g/mol. The molecule has 2 heterocycles. The molecule has 2 aliphatic rings. The maximum absolute atomic E-state index is 11.6. The molecule has 2 fully saturated rings. The number of amides is 2. The van der Waals surface area contributed by atoms with Crippen LogP contribution in [0.5, 0.6) is 0 Å². The van der Waals surface area contributed by atoms with Crippen molar-refractivity contribution in [3.8, 4) is 0 Å². The minimum absolute atomic E-state index is 0.0208. The number of unbranched alkanes of at least 4 members (excludes halogenated alkanes) is 1. The Morgan fingerprint density at radius 2 is 2.42 bits per heavy atom. The van der Waals surface area contributed by atoms with Crippen molar-refractivity contribution < 1.29 is 14.7 Å². The summed E-state index contributed by atoms with van der Waals surface area (Å²) in [6, 6.07) is -0.436. The van der Waals surface area contributed by atoms with Crippen molar-refractivity contribution in [3.05, 3.63) is 10.4 Å². The average molecular weight is 285 g/mol. The van der Waals surface area contributed by atoms with Gasteiger partial charge in [-0.15, -0.1) is 5.53 Å². The molecular formula is C10H15N5O3S. The van der Waals surface area contributed by atoms with Crippen molar-refractivity contribution in [1.29, 1.82) is 0 Å². The van der Waals surface area contributed by atoms with E-state index in [9.17, 15) is 9.59 Å². The summed E-state index contributed by atoms with van der Waals surface area (Å²) in [7, 11) is 0. The number of carbonyl (C=O) groups is 2. The van der Waals surface area contributed by atoms with Crippen LogP contribution >= 0.6 is 11.8 Å². The van der Waals surface area contributed by atoms with Gasteiger partial charge in [-0.2, -0.15) is 21.7 Å². The zero-order valence-corrected chi connectivity index (χ0v) is 11.0. The van der Waals surface area contributed by atoms with Gasteiger partial charge in [-0.25, -0.2) is 4.79 Å². The number of nitrogens with zero attached hydrogens (tertiary/aromatic N) is 4. The van der Waals surface area contributed by atoms with E-state index in [-0.39, 0.29) is 29.8 Å². The third-order valence-electron chi connectivity index (χ3n) is 3.35. The van der Waals surface area contributed by atoms with Gasteiger partial charge in [-0.1, -0.05) is 6.42 Å². The van der Waals surface area contributed by atoms with Gasteiger partial charge >= 0.3 is 12.0 Å². The zero-order valence-electron chi connectivity index (χ0n) is 10.2. The van der Waals surface area contributed by atoms with E-state index in [2.05, 4.69) is 15.5 Å². The van der Waals surface area contributed by atoms with E-state index in [1.165, 1.54) is 5.01 Å². The lowest BCUT2D eigenvalue weighted by Crippen LogP contribution is -2.37. The highest BCUT2D eigenvalue weighted by Crippen LogP contribution is 2.37. The third kappa shape index (κ3) is 3.05. The second kappa shape index (κ2) is 6.03. The first-order valence-electron chi connectivity index (χ1n) is 6.11. The van der Waals surface area contributed by atoms with Gasteiger partial charge < -0.3 is 10.4 Å². The second-order valence-corrected chi connectivity index (χ2v) is 5.85. The summed E-state index contributed by atoms with van der Waals surface area (Å²) in [4.78, 5) is 24.7. The molecule has 2 amide bonds. The number of carboxylic acid groups (broad SMARTS) is 1. The van der Waals surface area contributed by atoms with Crippen LogP contribution in [-0.2, 0) is 4.79 Å². The first kappa shape index (κ1) is 13.8. The Hall–Kier alpha value is -1.60. The lowest BCUT2D eigenvalue weighted by molar-refractivity contribution is -0.137. The summed E-state index contributed by atoms with van der Waals surface area (Å²) in [5, 5.41) is 16.2. The fourth-order valence-electron chi connectivity index (χ4n) is 2.52. The molecule has 0 aliphatic carbocycles. The Balaban J connectivity index is 1.90. The Bertz CT molecular complexity index is 425. The topological polar surface area (TPSA) is 118 Å². The third-order valence-corrected chi connectivity index (χ3v) is 4.84. The molecule has 104 valence electrons. The van der Waals surface area contributed by atoms with Gasteiger partial charge in [0.25, 0.3) is 0 Å². The normalized spacial score (nSPS) is 28.7. The first-order valence-corrected chi connectivity index (χ1v) is 7.16. The number of rotatable bonds is 6. The molecule has 9 heteroatoms. The van der Waals surface area contributed by atoms with Gasteiger partial charge in [-0.05, 0) is 18.1 Å². The van der Waals surface area contributed by atoms with Crippen molar-refractivity contribution in [2.45, 2.75) is 43.0 Å². The van der Waals surface area contributed by atoms with Gasteiger partial charge in [0.05, 0.1) is 6.04 Å². The SMILES string of the molecule is [N-]=[N+]=NN1C(=O)N[C@@H]2CS[C@H](CCCCC(=O)O)[C@@H]21. The molecule has 2 N–H and O–H groups in total. The van der Waals surface area contributed by atoms with Crippen LogP contribution in [0.25, 0.3) is 10.4 Å². The molecule has 8 nitrogen and oxygen atoms in total. The molecule has 0 aromatic carbocycles. The molecule has 0 saturated carbocycles. The van der Waals surface area contributed by atoms with Crippen molar-refractivity contribution in [2.75, 3.05) is 5.75 Å². The molecule has 2 rings (SSSR count). The van der Waals surface area contributed by atoms with E-state index in [1.807, 2.05) is 0 Å². The van der Waals surface area contributed by atoms with Crippen LogP contribution in [0.4, 0.5) is 4.79 Å². The molecule has 0 aromatic rings. The molecule has 0 spiro atoms. The molecule has 0 aromatic heterocycles. The summed E-state index contributed by atoms with van der Waals surface area (Å²) < 4.78 is 0. The van der Waals surface area contributed by atoms with E-state index < -0.39 is 5.97 Å². The Kier molecular flexibility index (Phi) is 4.39. The number of fused-ring (bicyclic) bond motifs is 1. The standard InChI is InChI=1S/C10H15N5O3S/c11-13-14-15-9-6(12-10(15)18)5-19-7(9)3-1-2-4-8(16)17/h6-7,9H,1-5H2,(H,12,18)(H,16,17)/t6-,7-,9-/m1/s1. The van der Waals surface area contributed by atoms with Crippen LogP contribution in [0, 0.1) is 0 Å². The van der Waals surface area contributed by atoms with Crippen molar-refractivity contribution in [2.24, 2.45) is 5.22 Å². The maximum atomic E-state index is 11.6. The van der Waals surface area contributed by atoms with E-state index in [0.717, 1.165) is 18.6 Å². The fraction of sp³-hybridized carbons (Fsp3) is 0.800. The monoisotopic (exact) mass is 285 g/mol. The number of aliphatic carboxylic acids is 1. The molecule has 19 heavy (non-hydrogen) atoms. The number of hydrogen-bond donors (Lipinski definition) is 2. The highest BCUT2D eigenvalue weighted by atomic mass is 32.2. The van der Waals surface area contributed by atoms with E-state index in [4.69, 9.17) is 10.6 Å². The van der Waals surface area contributed by atoms with Gasteiger partial charge in [0.2, 0.25) is 0 Å². The minimum Gasteiger partial charge on any atom is -0.481 e. The summed E-state index contributed by atoms with van der Waals surface area (Å²) in [6.45, 7) is 0. The molecule has 0 unspecified atom stereocenters. The second-order valence-electron chi connectivity index (χ2n) is 4.58. The predicted molar refractivity (Wildman–Crippen MR) is 69.4 cm³/mol. The summed E-state index contributed by atoms with van der Waals surface area (Å²) >= 11 is 1.74. The summed E-state index contributed by atoms with van der Waals surface area (Å²) in [6.07, 6.45) is 2.42. The number of hydrogen-bond acceptors (Lipinski definition) is 4. The van der Waals surface area contributed by atoms with Gasteiger partial charge in [-0.3, -0.25) is 4.79 Å². The van der Waals surface area contributed by atoms with Gasteiger partial charge in [0, 0.05) is 17.4 Å². The molecule has 3 atom stereocenters.